The van der Waals surface area contributed by atoms with E-state index in [-0.39, 0.29) is 6.04 Å². The first-order valence-corrected chi connectivity index (χ1v) is 6.46. The zero-order valence-electron chi connectivity index (χ0n) is 11.4. The van der Waals surface area contributed by atoms with Crippen LogP contribution < -0.4 is 11.1 Å². The topological polar surface area (TPSA) is 81.7 Å². The molecule has 0 unspecified atom stereocenters. The zero-order chi connectivity index (χ0) is 14.1. The summed E-state index contributed by atoms with van der Waals surface area (Å²) in [6.07, 6.45) is 3.23. The number of anilines is 2. The molecule has 0 radical (unpaired) electrons. The molecule has 6 nitrogen and oxygen atoms in total. The first kappa shape index (κ1) is 12.4. The summed E-state index contributed by atoms with van der Waals surface area (Å²) in [5.74, 6) is 1.28. The number of nitrogen functional groups attached to an aromatic ring is 1. The molecule has 0 saturated carbocycles. The number of rotatable bonds is 3. The molecule has 20 heavy (non-hydrogen) atoms. The van der Waals surface area contributed by atoms with Crippen LogP contribution in [0.5, 0.6) is 0 Å². The molecule has 0 aliphatic heterocycles. The number of benzene rings is 1. The minimum Gasteiger partial charge on any atom is -0.393 e. The first-order chi connectivity index (χ1) is 9.66. The van der Waals surface area contributed by atoms with Gasteiger partial charge in [-0.25, -0.2) is 15.0 Å². The highest BCUT2D eigenvalue weighted by Gasteiger charge is 2.12. The van der Waals surface area contributed by atoms with Crippen LogP contribution in [0.25, 0.3) is 16.9 Å². The second-order valence-corrected chi connectivity index (χ2v) is 4.86. The van der Waals surface area contributed by atoms with Gasteiger partial charge in [0.15, 0.2) is 11.6 Å². The predicted molar refractivity (Wildman–Crippen MR) is 79.8 cm³/mol. The quantitative estimate of drug-likeness (QED) is 0.761. The number of hydrogen-bond acceptors (Lipinski definition) is 5. The second kappa shape index (κ2) is 4.80. The van der Waals surface area contributed by atoms with Gasteiger partial charge in [0.2, 0.25) is 0 Å². The number of nitrogens with one attached hydrogen (secondary N) is 1. The summed E-state index contributed by atoms with van der Waals surface area (Å²) in [5.41, 5.74) is 8.57. The molecule has 3 N–H and O–H groups in total. The Hall–Kier alpha value is -2.63. The third-order valence-corrected chi connectivity index (χ3v) is 2.97. The second-order valence-electron chi connectivity index (χ2n) is 4.86. The molecule has 0 spiro atoms. The van der Waals surface area contributed by atoms with Crippen LogP contribution >= 0.6 is 0 Å². The van der Waals surface area contributed by atoms with Crippen LogP contribution in [0.3, 0.4) is 0 Å². The Balaban J connectivity index is 2.15. The van der Waals surface area contributed by atoms with Gasteiger partial charge in [-0.2, -0.15) is 0 Å². The van der Waals surface area contributed by atoms with E-state index >= 15 is 0 Å². The summed E-state index contributed by atoms with van der Waals surface area (Å²) in [6, 6.07) is 8.11. The van der Waals surface area contributed by atoms with Crippen molar-refractivity contribution in [3.05, 3.63) is 36.9 Å². The minimum absolute atomic E-state index is 0.250. The molecule has 6 heteroatoms. The Morgan fingerprint density at radius 3 is 2.75 bits per heavy atom. The van der Waals surface area contributed by atoms with Crippen molar-refractivity contribution in [1.29, 1.82) is 0 Å². The lowest BCUT2D eigenvalue weighted by Crippen LogP contribution is -2.14. The van der Waals surface area contributed by atoms with Crippen LogP contribution in [0.15, 0.2) is 36.9 Å². The largest absolute Gasteiger partial charge is 0.393 e. The molecule has 3 aromatic rings. The standard InChI is InChI=1S/C14H16N6/c1-9(2)19-13-12(15)14(17-7-16-13)20-8-18-10-5-3-4-6-11(10)20/h3-9H,15H2,1-2H3,(H,16,17,19). The van der Waals surface area contributed by atoms with Gasteiger partial charge in [-0.15, -0.1) is 0 Å². The number of hydrogen-bond donors (Lipinski definition) is 2. The molecule has 0 amide bonds. The highest BCUT2D eigenvalue weighted by molar-refractivity contribution is 5.80. The van der Waals surface area contributed by atoms with Gasteiger partial charge in [-0.1, -0.05) is 12.1 Å². The average molecular weight is 268 g/mol. The maximum Gasteiger partial charge on any atom is 0.167 e. The van der Waals surface area contributed by atoms with E-state index in [2.05, 4.69) is 20.3 Å². The predicted octanol–water partition coefficient (Wildman–Crippen LogP) is 2.22. The van der Waals surface area contributed by atoms with E-state index in [0.717, 1.165) is 11.0 Å². The number of nitrogens with zero attached hydrogens (tertiary/aromatic N) is 4. The number of fused-ring (bicyclic) bond motifs is 1. The Bertz CT molecular complexity index is 746. The van der Waals surface area contributed by atoms with Crippen LogP contribution in [0.2, 0.25) is 0 Å². The molecule has 1 aromatic carbocycles. The van der Waals surface area contributed by atoms with Crippen molar-refractivity contribution in [3.8, 4) is 5.82 Å². The molecule has 0 atom stereocenters. The smallest absolute Gasteiger partial charge is 0.167 e. The number of nitrogens with two attached hydrogens (primary N) is 1. The van der Waals surface area contributed by atoms with E-state index in [1.54, 1.807) is 6.33 Å². The van der Waals surface area contributed by atoms with Gasteiger partial charge in [-0.05, 0) is 26.0 Å². The lowest BCUT2D eigenvalue weighted by Gasteiger charge is -2.13. The molecule has 102 valence electrons. The Kier molecular flexibility index (Phi) is 2.98. The summed E-state index contributed by atoms with van der Waals surface area (Å²) >= 11 is 0. The van der Waals surface area contributed by atoms with Gasteiger partial charge < -0.3 is 11.1 Å². The molecule has 0 bridgehead atoms. The van der Waals surface area contributed by atoms with Crippen molar-refractivity contribution in [3.63, 3.8) is 0 Å². The molecule has 3 rings (SSSR count). The number of para-hydroxylation sites is 2. The normalized spacial score (nSPS) is 11.2. The van der Waals surface area contributed by atoms with Crippen LogP contribution in [-0.2, 0) is 0 Å². The first-order valence-electron chi connectivity index (χ1n) is 6.46. The summed E-state index contributed by atoms with van der Waals surface area (Å²) < 4.78 is 1.87. The monoisotopic (exact) mass is 268 g/mol. The van der Waals surface area contributed by atoms with E-state index in [0.29, 0.717) is 17.3 Å². The summed E-state index contributed by atoms with van der Waals surface area (Å²) in [7, 11) is 0. The van der Waals surface area contributed by atoms with Gasteiger partial charge in [-0.3, -0.25) is 4.57 Å². The zero-order valence-corrected chi connectivity index (χ0v) is 11.4. The van der Waals surface area contributed by atoms with Crippen LogP contribution in [0, 0.1) is 0 Å². The Morgan fingerprint density at radius 1 is 1.15 bits per heavy atom. The Labute approximate surface area is 116 Å². The average Bonchev–Trinajstić information content (AvgIpc) is 2.85. The molecule has 0 aliphatic carbocycles. The maximum absolute atomic E-state index is 6.18. The highest BCUT2D eigenvalue weighted by Crippen LogP contribution is 2.25. The van der Waals surface area contributed by atoms with Gasteiger partial charge in [0, 0.05) is 6.04 Å². The van der Waals surface area contributed by atoms with Gasteiger partial charge >= 0.3 is 0 Å². The van der Waals surface area contributed by atoms with E-state index in [1.165, 1.54) is 6.33 Å². The summed E-state index contributed by atoms with van der Waals surface area (Å²) in [4.78, 5) is 12.8. The van der Waals surface area contributed by atoms with Crippen LogP contribution in [0.4, 0.5) is 11.5 Å². The van der Waals surface area contributed by atoms with Crippen LogP contribution in [0.1, 0.15) is 13.8 Å². The van der Waals surface area contributed by atoms with Crippen molar-refractivity contribution >= 4 is 22.5 Å². The van der Waals surface area contributed by atoms with Crippen molar-refractivity contribution < 1.29 is 0 Å². The van der Waals surface area contributed by atoms with Crippen molar-refractivity contribution in [2.45, 2.75) is 19.9 Å². The molecule has 0 aliphatic rings. The SMILES string of the molecule is CC(C)Nc1ncnc(-n2cnc3ccccc32)c1N. The third-order valence-electron chi connectivity index (χ3n) is 2.97. The van der Waals surface area contributed by atoms with E-state index in [1.807, 2.05) is 42.7 Å². The van der Waals surface area contributed by atoms with Crippen molar-refractivity contribution in [1.82, 2.24) is 19.5 Å². The van der Waals surface area contributed by atoms with Gasteiger partial charge in [0.25, 0.3) is 0 Å². The van der Waals surface area contributed by atoms with Gasteiger partial charge in [0.05, 0.1) is 11.0 Å². The van der Waals surface area contributed by atoms with E-state index in [9.17, 15) is 0 Å². The van der Waals surface area contributed by atoms with E-state index in [4.69, 9.17) is 5.73 Å². The fraction of sp³-hybridized carbons (Fsp3) is 0.214. The fourth-order valence-corrected chi connectivity index (χ4v) is 2.09. The molecule has 0 saturated heterocycles. The highest BCUT2D eigenvalue weighted by atomic mass is 15.2. The summed E-state index contributed by atoms with van der Waals surface area (Å²) in [6.45, 7) is 4.07. The number of aromatic nitrogens is 4. The van der Waals surface area contributed by atoms with E-state index < -0.39 is 0 Å². The van der Waals surface area contributed by atoms with Crippen LogP contribution in [-0.4, -0.2) is 25.6 Å². The molecular formula is C14H16N6. The molecule has 2 heterocycles. The Morgan fingerprint density at radius 2 is 1.95 bits per heavy atom. The lowest BCUT2D eigenvalue weighted by molar-refractivity contribution is 0.883. The lowest BCUT2D eigenvalue weighted by atomic mass is 10.3. The fourth-order valence-electron chi connectivity index (χ4n) is 2.09. The molecule has 2 aromatic heterocycles. The maximum atomic E-state index is 6.18. The molecular weight excluding hydrogens is 252 g/mol. The minimum atomic E-state index is 0.250. The van der Waals surface area contributed by atoms with Crippen molar-refractivity contribution in [2.24, 2.45) is 0 Å². The van der Waals surface area contributed by atoms with Gasteiger partial charge in [0.1, 0.15) is 18.3 Å². The number of imidazole rings is 1. The third kappa shape index (κ3) is 2.05. The molecule has 0 fully saturated rings. The van der Waals surface area contributed by atoms with Crippen molar-refractivity contribution in [2.75, 3.05) is 11.1 Å². The summed E-state index contributed by atoms with van der Waals surface area (Å²) in [5, 5.41) is 3.21.